The van der Waals surface area contributed by atoms with E-state index >= 15 is 0 Å². The van der Waals surface area contributed by atoms with Gasteiger partial charge >= 0.3 is 0 Å². The summed E-state index contributed by atoms with van der Waals surface area (Å²) in [6.07, 6.45) is 8.03. The van der Waals surface area contributed by atoms with Gasteiger partial charge in [-0.3, -0.25) is 0 Å². The van der Waals surface area contributed by atoms with Crippen LogP contribution in [0.5, 0.6) is 0 Å². The van der Waals surface area contributed by atoms with Crippen LogP contribution in [-0.4, -0.2) is 0 Å². The Hall–Kier alpha value is -0.490. The van der Waals surface area contributed by atoms with E-state index in [0.29, 0.717) is 0 Å². The van der Waals surface area contributed by atoms with Crippen molar-refractivity contribution in [2.24, 2.45) is 11.8 Å². The Balaban J connectivity index is 1.70. The fourth-order valence-corrected chi connectivity index (χ4v) is 3.03. The quantitative estimate of drug-likeness (QED) is 0.690. The van der Waals surface area contributed by atoms with Crippen LogP contribution in [0, 0.1) is 18.3 Å². The summed E-state index contributed by atoms with van der Waals surface area (Å²) in [7, 11) is 0. The molecule has 0 saturated heterocycles. The lowest BCUT2D eigenvalue weighted by atomic mass is 9.95. The summed E-state index contributed by atoms with van der Waals surface area (Å²) in [4.78, 5) is 0. The predicted octanol–water partition coefficient (Wildman–Crippen LogP) is 4.45. The van der Waals surface area contributed by atoms with Crippen LogP contribution in [0.15, 0.2) is 24.3 Å². The van der Waals surface area contributed by atoms with Gasteiger partial charge in [0, 0.05) is 5.02 Å². The second kappa shape index (κ2) is 3.83. The predicted molar refractivity (Wildman–Crippen MR) is 63.9 cm³/mol. The molecule has 2 fully saturated rings. The highest BCUT2D eigenvalue weighted by molar-refractivity contribution is 6.30. The molecule has 0 N–H and O–H groups in total. The van der Waals surface area contributed by atoms with E-state index in [1.165, 1.54) is 31.2 Å². The van der Waals surface area contributed by atoms with Crippen LogP contribution in [0.25, 0.3) is 0 Å². The Morgan fingerprint density at radius 2 is 1.80 bits per heavy atom. The summed E-state index contributed by atoms with van der Waals surface area (Å²) >= 11 is 5.90. The number of hydrogen-bond donors (Lipinski definition) is 0. The summed E-state index contributed by atoms with van der Waals surface area (Å²) in [5.41, 5.74) is 1.49. The molecule has 0 heterocycles. The second-order valence-corrected chi connectivity index (χ2v) is 5.39. The minimum Gasteiger partial charge on any atom is -0.0843 e. The van der Waals surface area contributed by atoms with Gasteiger partial charge in [-0.1, -0.05) is 23.7 Å². The van der Waals surface area contributed by atoms with Crippen molar-refractivity contribution in [2.45, 2.75) is 31.6 Å². The normalized spacial score (nSPS) is 30.7. The highest BCUT2D eigenvalue weighted by atomic mass is 35.5. The first-order valence-corrected chi connectivity index (χ1v) is 6.29. The van der Waals surface area contributed by atoms with Crippen molar-refractivity contribution in [3.63, 3.8) is 0 Å². The van der Waals surface area contributed by atoms with Crippen molar-refractivity contribution in [1.29, 1.82) is 0 Å². The van der Waals surface area contributed by atoms with Crippen molar-refractivity contribution >= 4 is 11.6 Å². The lowest BCUT2D eigenvalue weighted by Crippen LogP contribution is -1.97. The molecule has 2 aliphatic carbocycles. The van der Waals surface area contributed by atoms with Gasteiger partial charge in [-0.15, -0.1) is 0 Å². The average Bonchev–Trinajstić information content (AvgIpc) is 2.99. The zero-order valence-corrected chi connectivity index (χ0v) is 9.58. The minimum absolute atomic E-state index is 0.793. The minimum atomic E-state index is 0.793. The maximum absolute atomic E-state index is 5.90. The molecular formula is C14H16Cl. The summed E-state index contributed by atoms with van der Waals surface area (Å²) in [5, 5.41) is 0.851. The van der Waals surface area contributed by atoms with Crippen LogP contribution in [0.3, 0.4) is 0 Å². The number of halogens is 1. The lowest BCUT2D eigenvalue weighted by molar-refractivity contribution is 0.485. The van der Waals surface area contributed by atoms with Crippen LogP contribution in [0.4, 0.5) is 0 Å². The molecule has 0 amide bonds. The van der Waals surface area contributed by atoms with Crippen molar-refractivity contribution < 1.29 is 0 Å². The Labute approximate surface area is 96.6 Å². The zero-order chi connectivity index (χ0) is 10.3. The molecule has 0 nitrogen and oxygen atoms in total. The molecule has 1 heteroatoms. The molecule has 2 saturated carbocycles. The molecule has 1 radical (unpaired) electrons. The molecule has 0 spiro atoms. The highest BCUT2D eigenvalue weighted by Crippen LogP contribution is 2.49. The molecule has 0 aliphatic heterocycles. The molecule has 3 rings (SSSR count). The molecule has 3 unspecified atom stereocenters. The first-order chi connectivity index (χ1) is 7.33. The Bertz CT molecular complexity index is 337. The summed E-state index contributed by atoms with van der Waals surface area (Å²) in [6.45, 7) is 0. The maximum atomic E-state index is 5.90. The largest absolute Gasteiger partial charge is 0.0843 e. The molecule has 0 bridgehead atoms. The van der Waals surface area contributed by atoms with Gasteiger partial charge < -0.3 is 0 Å². The summed E-state index contributed by atoms with van der Waals surface area (Å²) in [6, 6.07) is 8.44. The smallest absolute Gasteiger partial charge is 0.0406 e. The van der Waals surface area contributed by atoms with E-state index in [1.54, 1.807) is 0 Å². The van der Waals surface area contributed by atoms with Crippen LogP contribution in [0.1, 0.15) is 37.2 Å². The fraction of sp³-hybridized carbons (Fsp3) is 0.500. The van der Waals surface area contributed by atoms with Crippen LogP contribution in [-0.2, 0) is 0 Å². The van der Waals surface area contributed by atoms with Gasteiger partial charge in [-0.25, -0.2) is 0 Å². The topological polar surface area (TPSA) is 0 Å². The Morgan fingerprint density at radius 3 is 2.47 bits per heavy atom. The average molecular weight is 220 g/mol. The van der Waals surface area contributed by atoms with Crippen molar-refractivity contribution in [3.05, 3.63) is 41.3 Å². The molecule has 3 atom stereocenters. The monoisotopic (exact) mass is 219 g/mol. The van der Waals surface area contributed by atoms with Crippen molar-refractivity contribution in [3.8, 4) is 0 Å². The first-order valence-electron chi connectivity index (χ1n) is 5.92. The van der Waals surface area contributed by atoms with E-state index < -0.39 is 0 Å². The van der Waals surface area contributed by atoms with Crippen LogP contribution >= 0.6 is 11.6 Å². The third kappa shape index (κ3) is 2.06. The van der Waals surface area contributed by atoms with E-state index in [9.17, 15) is 0 Å². The van der Waals surface area contributed by atoms with Gasteiger partial charge in [0.2, 0.25) is 0 Å². The third-order valence-corrected chi connectivity index (χ3v) is 4.18. The molecule has 1 aromatic carbocycles. The highest BCUT2D eigenvalue weighted by Gasteiger charge is 2.37. The van der Waals surface area contributed by atoms with Crippen molar-refractivity contribution in [2.75, 3.05) is 0 Å². The van der Waals surface area contributed by atoms with E-state index in [1.807, 2.05) is 12.1 Å². The number of hydrogen-bond acceptors (Lipinski definition) is 0. The van der Waals surface area contributed by atoms with Gasteiger partial charge in [0.1, 0.15) is 0 Å². The second-order valence-electron chi connectivity index (χ2n) is 4.96. The first kappa shape index (κ1) is 9.72. The van der Waals surface area contributed by atoms with Gasteiger partial charge in [-0.05, 0) is 67.6 Å². The lowest BCUT2D eigenvalue weighted by Gasteiger charge is -2.11. The van der Waals surface area contributed by atoms with E-state index in [-0.39, 0.29) is 0 Å². The van der Waals surface area contributed by atoms with Crippen LogP contribution in [0.2, 0.25) is 5.02 Å². The summed E-state index contributed by atoms with van der Waals surface area (Å²) < 4.78 is 0. The zero-order valence-electron chi connectivity index (χ0n) is 8.83. The van der Waals surface area contributed by atoms with Crippen LogP contribution < -0.4 is 0 Å². The Kier molecular flexibility index (Phi) is 2.48. The Morgan fingerprint density at radius 1 is 1.07 bits per heavy atom. The molecule has 1 aromatic rings. The summed E-state index contributed by atoms with van der Waals surface area (Å²) in [5.74, 6) is 2.73. The van der Waals surface area contributed by atoms with E-state index in [2.05, 4.69) is 18.6 Å². The number of rotatable bonds is 2. The van der Waals surface area contributed by atoms with E-state index in [0.717, 1.165) is 22.8 Å². The van der Waals surface area contributed by atoms with Crippen molar-refractivity contribution in [1.82, 2.24) is 0 Å². The van der Waals surface area contributed by atoms with Gasteiger partial charge in [-0.2, -0.15) is 0 Å². The molecule has 15 heavy (non-hydrogen) atoms. The fourth-order valence-electron chi connectivity index (χ4n) is 2.91. The standard InChI is InChI=1S/C14H16Cl/c15-14-7-5-11(6-8-14)13-4-3-12(9-13)10-1-2-10/h1,5-8,10,12-13H,2-4,9H2. The third-order valence-electron chi connectivity index (χ3n) is 3.93. The molecule has 79 valence electrons. The van der Waals surface area contributed by atoms with Gasteiger partial charge in [0.15, 0.2) is 0 Å². The van der Waals surface area contributed by atoms with Gasteiger partial charge in [0.25, 0.3) is 0 Å². The molecule has 2 aliphatic rings. The maximum Gasteiger partial charge on any atom is 0.0406 e. The van der Waals surface area contributed by atoms with E-state index in [4.69, 9.17) is 11.6 Å². The molecule has 0 aromatic heterocycles. The molecular weight excluding hydrogens is 204 g/mol. The van der Waals surface area contributed by atoms with Gasteiger partial charge in [0.05, 0.1) is 0 Å². The SMILES string of the molecule is Clc1ccc(C2CCC(C3[CH]C3)C2)cc1. The number of benzene rings is 1.